The average Bonchev–Trinajstić information content (AvgIpc) is 2.43. The Morgan fingerprint density at radius 3 is 3.00 bits per heavy atom. The van der Waals surface area contributed by atoms with Crippen molar-refractivity contribution in [3.63, 3.8) is 0 Å². The van der Waals surface area contributed by atoms with Gasteiger partial charge in [-0.2, -0.15) is 11.8 Å². The Hall–Kier alpha value is -0.220. The van der Waals surface area contributed by atoms with E-state index >= 15 is 0 Å². The normalized spacial score (nSPS) is 27.0. The second kappa shape index (κ2) is 3.83. The standard InChI is InChI=1S/C6H13N3S/c1-8-6(9-7)5-3-2-4-10-5/h5H,2-4,7H2,1H3,(H,8,9). The lowest BCUT2D eigenvalue weighted by atomic mass is 10.2. The molecule has 3 nitrogen and oxygen atoms in total. The van der Waals surface area contributed by atoms with Gasteiger partial charge in [0, 0.05) is 7.05 Å². The lowest BCUT2D eigenvalue weighted by molar-refractivity contribution is 0.862. The molecule has 1 aliphatic heterocycles. The van der Waals surface area contributed by atoms with Crippen molar-refractivity contribution in [3.05, 3.63) is 0 Å². The first-order chi connectivity index (χ1) is 4.88. The van der Waals surface area contributed by atoms with Gasteiger partial charge in [0.1, 0.15) is 5.84 Å². The molecular formula is C6H13N3S. The molecule has 1 fully saturated rings. The van der Waals surface area contributed by atoms with Crippen molar-refractivity contribution in [2.75, 3.05) is 12.8 Å². The molecule has 0 aromatic carbocycles. The Morgan fingerprint density at radius 2 is 2.60 bits per heavy atom. The fraction of sp³-hybridized carbons (Fsp3) is 0.833. The van der Waals surface area contributed by atoms with E-state index in [9.17, 15) is 0 Å². The third-order valence-electron chi connectivity index (χ3n) is 1.62. The van der Waals surface area contributed by atoms with E-state index in [1.165, 1.54) is 18.6 Å². The van der Waals surface area contributed by atoms with Crippen LogP contribution in [0.2, 0.25) is 0 Å². The molecule has 0 radical (unpaired) electrons. The van der Waals surface area contributed by atoms with Crippen molar-refractivity contribution in [2.24, 2.45) is 10.8 Å². The van der Waals surface area contributed by atoms with Crippen molar-refractivity contribution in [1.82, 2.24) is 5.43 Å². The fourth-order valence-corrected chi connectivity index (χ4v) is 2.38. The lowest BCUT2D eigenvalue weighted by Crippen LogP contribution is -2.36. The molecule has 1 atom stereocenters. The summed E-state index contributed by atoms with van der Waals surface area (Å²) < 4.78 is 0. The van der Waals surface area contributed by atoms with Crippen LogP contribution in [0.3, 0.4) is 0 Å². The molecule has 1 unspecified atom stereocenters. The summed E-state index contributed by atoms with van der Waals surface area (Å²) in [5, 5.41) is 0.523. The lowest BCUT2D eigenvalue weighted by Gasteiger charge is -2.09. The Kier molecular flexibility index (Phi) is 3.02. The highest BCUT2D eigenvalue weighted by molar-refractivity contribution is 8.00. The summed E-state index contributed by atoms with van der Waals surface area (Å²) >= 11 is 1.93. The van der Waals surface area contributed by atoms with Gasteiger partial charge in [-0.1, -0.05) is 0 Å². The third-order valence-corrected chi connectivity index (χ3v) is 3.01. The topological polar surface area (TPSA) is 50.4 Å². The Balaban J connectivity index is 2.45. The van der Waals surface area contributed by atoms with Crippen LogP contribution in [0.25, 0.3) is 0 Å². The molecule has 1 saturated heterocycles. The van der Waals surface area contributed by atoms with Crippen LogP contribution in [-0.4, -0.2) is 23.9 Å². The van der Waals surface area contributed by atoms with Crippen LogP contribution >= 0.6 is 11.8 Å². The van der Waals surface area contributed by atoms with Crippen molar-refractivity contribution >= 4 is 17.6 Å². The van der Waals surface area contributed by atoms with Gasteiger partial charge in [-0.15, -0.1) is 0 Å². The van der Waals surface area contributed by atoms with Gasteiger partial charge in [0.25, 0.3) is 0 Å². The summed E-state index contributed by atoms with van der Waals surface area (Å²) in [6.07, 6.45) is 2.50. The number of amidine groups is 1. The van der Waals surface area contributed by atoms with Crippen LogP contribution in [0.5, 0.6) is 0 Å². The minimum Gasteiger partial charge on any atom is -0.311 e. The zero-order valence-electron chi connectivity index (χ0n) is 6.13. The second-order valence-electron chi connectivity index (χ2n) is 2.25. The molecular weight excluding hydrogens is 146 g/mol. The number of hydrazine groups is 1. The minimum absolute atomic E-state index is 0.523. The van der Waals surface area contributed by atoms with Crippen molar-refractivity contribution in [3.8, 4) is 0 Å². The molecule has 0 aliphatic carbocycles. The number of rotatable bonds is 1. The first kappa shape index (κ1) is 7.88. The monoisotopic (exact) mass is 159 g/mol. The quantitative estimate of drug-likeness (QED) is 0.251. The van der Waals surface area contributed by atoms with Crippen LogP contribution < -0.4 is 11.3 Å². The van der Waals surface area contributed by atoms with Gasteiger partial charge < -0.3 is 5.43 Å². The molecule has 1 aliphatic rings. The number of aliphatic imine (C=N–C) groups is 1. The molecule has 1 rings (SSSR count). The highest BCUT2D eigenvalue weighted by Crippen LogP contribution is 2.26. The zero-order chi connectivity index (χ0) is 7.40. The SMILES string of the molecule is CN=C(NN)C1CCCS1. The number of hydrogen-bond donors (Lipinski definition) is 2. The maximum atomic E-state index is 5.27. The molecule has 4 heteroatoms. The number of nitrogens with two attached hydrogens (primary N) is 1. The largest absolute Gasteiger partial charge is 0.311 e. The molecule has 0 aromatic heterocycles. The van der Waals surface area contributed by atoms with Crippen molar-refractivity contribution in [1.29, 1.82) is 0 Å². The molecule has 1 heterocycles. The maximum Gasteiger partial charge on any atom is 0.123 e. The highest BCUT2D eigenvalue weighted by Gasteiger charge is 2.19. The molecule has 0 aromatic rings. The van der Waals surface area contributed by atoms with E-state index in [1.807, 2.05) is 11.8 Å². The Morgan fingerprint density at radius 1 is 1.80 bits per heavy atom. The van der Waals surface area contributed by atoms with E-state index in [2.05, 4.69) is 10.4 Å². The summed E-state index contributed by atoms with van der Waals surface area (Å²) in [4.78, 5) is 4.05. The molecule has 0 saturated carbocycles. The maximum absolute atomic E-state index is 5.27. The van der Waals surface area contributed by atoms with E-state index in [0.29, 0.717) is 5.25 Å². The fourth-order valence-electron chi connectivity index (χ4n) is 1.09. The van der Waals surface area contributed by atoms with Crippen LogP contribution in [0.15, 0.2) is 4.99 Å². The van der Waals surface area contributed by atoms with Crippen molar-refractivity contribution < 1.29 is 0 Å². The third kappa shape index (κ3) is 1.64. The zero-order valence-corrected chi connectivity index (χ0v) is 6.95. The second-order valence-corrected chi connectivity index (χ2v) is 3.57. The van der Waals surface area contributed by atoms with Crippen LogP contribution in [0.4, 0.5) is 0 Å². The minimum atomic E-state index is 0.523. The highest BCUT2D eigenvalue weighted by atomic mass is 32.2. The van der Waals surface area contributed by atoms with Gasteiger partial charge >= 0.3 is 0 Å². The Labute approximate surface area is 65.4 Å². The summed E-state index contributed by atoms with van der Waals surface area (Å²) in [5.41, 5.74) is 2.62. The summed E-state index contributed by atoms with van der Waals surface area (Å²) in [7, 11) is 1.77. The van der Waals surface area contributed by atoms with Gasteiger partial charge in [-0.25, -0.2) is 5.84 Å². The summed E-state index contributed by atoms with van der Waals surface area (Å²) in [6.45, 7) is 0. The van der Waals surface area contributed by atoms with Gasteiger partial charge in [-0.3, -0.25) is 4.99 Å². The van der Waals surface area contributed by atoms with E-state index in [0.717, 1.165) is 5.84 Å². The van der Waals surface area contributed by atoms with E-state index in [-0.39, 0.29) is 0 Å². The molecule has 0 amide bonds. The summed E-state index contributed by atoms with van der Waals surface area (Å²) in [6, 6.07) is 0. The van der Waals surface area contributed by atoms with E-state index < -0.39 is 0 Å². The van der Waals surface area contributed by atoms with Crippen LogP contribution in [0, 0.1) is 0 Å². The Bertz CT molecular complexity index is 129. The van der Waals surface area contributed by atoms with Crippen LogP contribution in [0.1, 0.15) is 12.8 Å². The number of nitrogens with one attached hydrogen (secondary N) is 1. The predicted molar refractivity (Wildman–Crippen MR) is 46.2 cm³/mol. The molecule has 10 heavy (non-hydrogen) atoms. The number of nitrogens with zero attached hydrogens (tertiary/aromatic N) is 1. The molecule has 0 bridgehead atoms. The van der Waals surface area contributed by atoms with Crippen molar-refractivity contribution in [2.45, 2.75) is 18.1 Å². The number of hydrogen-bond acceptors (Lipinski definition) is 3. The smallest absolute Gasteiger partial charge is 0.123 e. The predicted octanol–water partition coefficient (Wildman–Crippen LogP) is 0.374. The van der Waals surface area contributed by atoms with Gasteiger partial charge in [0.15, 0.2) is 0 Å². The molecule has 58 valence electrons. The molecule has 0 spiro atoms. The molecule has 3 N–H and O–H groups in total. The first-order valence-electron chi connectivity index (χ1n) is 3.43. The first-order valence-corrected chi connectivity index (χ1v) is 4.48. The van der Waals surface area contributed by atoms with Gasteiger partial charge in [0.2, 0.25) is 0 Å². The van der Waals surface area contributed by atoms with E-state index in [1.54, 1.807) is 7.05 Å². The average molecular weight is 159 g/mol. The summed E-state index contributed by atoms with van der Waals surface area (Å²) in [5.74, 6) is 7.44. The van der Waals surface area contributed by atoms with Crippen LogP contribution in [-0.2, 0) is 0 Å². The van der Waals surface area contributed by atoms with E-state index in [4.69, 9.17) is 5.84 Å². The van der Waals surface area contributed by atoms with Gasteiger partial charge in [-0.05, 0) is 18.6 Å². The number of thioether (sulfide) groups is 1. The van der Waals surface area contributed by atoms with Gasteiger partial charge in [0.05, 0.1) is 5.25 Å².